The number of rotatable bonds is 7. The second kappa shape index (κ2) is 8.56. The summed E-state index contributed by atoms with van der Waals surface area (Å²) in [7, 11) is 1.66. The smallest absolute Gasteiger partial charge is 0.223 e. The molecule has 2 aliphatic rings. The van der Waals surface area contributed by atoms with E-state index in [4.69, 9.17) is 4.74 Å². The molecule has 1 heterocycles. The van der Waals surface area contributed by atoms with Crippen LogP contribution >= 0.6 is 0 Å². The Bertz CT molecular complexity index is 617. The zero-order valence-electron chi connectivity index (χ0n) is 15.9. The van der Waals surface area contributed by atoms with Crippen molar-refractivity contribution in [2.75, 3.05) is 20.2 Å². The van der Waals surface area contributed by atoms with Crippen molar-refractivity contribution >= 4 is 11.8 Å². The van der Waals surface area contributed by atoms with Crippen LogP contribution in [0.4, 0.5) is 0 Å². The number of carbonyl (C=O) groups excluding carboxylic acids is 2. The molecule has 1 aliphatic carbocycles. The lowest BCUT2D eigenvalue weighted by Crippen LogP contribution is -2.43. The number of ether oxygens (including phenoxy) is 1. The standard InChI is InChI=1S/C21H30N2O3/c1-3-4-19(24)23-13-11-17(12-14-23)21(25)22-20(15-5-6-15)16-7-9-18(26-2)10-8-16/h7-10,15,17,20H,3-6,11-14H2,1-2H3,(H,22,25)/t20-/m1/s1. The predicted molar refractivity (Wildman–Crippen MR) is 101 cm³/mol. The molecule has 0 spiro atoms. The van der Waals surface area contributed by atoms with Gasteiger partial charge in [-0.05, 0) is 55.7 Å². The number of benzene rings is 1. The predicted octanol–water partition coefficient (Wildman–Crippen LogP) is 3.30. The van der Waals surface area contributed by atoms with E-state index in [0.29, 0.717) is 25.4 Å². The van der Waals surface area contributed by atoms with Gasteiger partial charge < -0.3 is 15.0 Å². The third-order valence-corrected chi connectivity index (χ3v) is 5.55. The first-order valence-electron chi connectivity index (χ1n) is 9.84. The summed E-state index contributed by atoms with van der Waals surface area (Å²) in [6, 6.07) is 8.10. The lowest BCUT2D eigenvalue weighted by atomic mass is 9.94. The van der Waals surface area contributed by atoms with Crippen molar-refractivity contribution in [3.8, 4) is 5.75 Å². The fourth-order valence-corrected chi connectivity index (χ4v) is 3.75. The van der Waals surface area contributed by atoms with Gasteiger partial charge >= 0.3 is 0 Å². The van der Waals surface area contributed by atoms with Gasteiger partial charge in [-0.2, -0.15) is 0 Å². The Morgan fingerprint density at radius 3 is 2.35 bits per heavy atom. The fraction of sp³-hybridized carbons (Fsp3) is 0.619. The number of methoxy groups -OCH3 is 1. The molecule has 0 unspecified atom stereocenters. The average molecular weight is 358 g/mol. The van der Waals surface area contributed by atoms with E-state index in [-0.39, 0.29) is 23.8 Å². The van der Waals surface area contributed by atoms with Crippen LogP contribution in [0.2, 0.25) is 0 Å². The van der Waals surface area contributed by atoms with E-state index in [1.165, 1.54) is 12.8 Å². The average Bonchev–Trinajstić information content (AvgIpc) is 3.51. The van der Waals surface area contributed by atoms with Crippen LogP contribution in [0.3, 0.4) is 0 Å². The maximum Gasteiger partial charge on any atom is 0.223 e. The molecular formula is C21H30N2O3. The highest BCUT2D eigenvalue weighted by atomic mass is 16.5. The molecule has 0 radical (unpaired) electrons. The van der Waals surface area contributed by atoms with E-state index in [1.807, 2.05) is 36.1 Å². The molecule has 0 aromatic heterocycles. The molecule has 2 amide bonds. The summed E-state index contributed by atoms with van der Waals surface area (Å²) in [5.74, 6) is 1.75. The van der Waals surface area contributed by atoms with Crippen molar-refractivity contribution in [3.63, 3.8) is 0 Å². The Hall–Kier alpha value is -2.04. The van der Waals surface area contributed by atoms with Gasteiger partial charge in [0.1, 0.15) is 5.75 Å². The first-order valence-corrected chi connectivity index (χ1v) is 9.84. The van der Waals surface area contributed by atoms with Gasteiger partial charge in [-0.1, -0.05) is 19.1 Å². The van der Waals surface area contributed by atoms with E-state index in [9.17, 15) is 9.59 Å². The first-order chi connectivity index (χ1) is 12.6. The van der Waals surface area contributed by atoms with Crippen LogP contribution in [0.5, 0.6) is 5.75 Å². The Morgan fingerprint density at radius 2 is 1.81 bits per heavy atom. The van der Waals surface area contributed by atoms with E-state index >= 15 is 0 Å². The zero-order chi connectivity index (χ0) is 18.5. The highest BCUT2D eigenvalue weighted by molar-refractivity contribution is 5.80. The number of carbonyl (C=O) groups is 2. The van der Waals surface area contributed by atoms with Gasteiger partial charge in [-0.25, -0.2) is 0 Å². The molecule has 1 saturated carbocycles. The Morgan fingerprint density at radius 1 is 1.15 bits per heavy atom. The van der Waals surface area contributed by atoms with Crippen molar-refractivity contribution in [2.45, 2.75) is 51.5 Å². The van der Waals surface area contributed by atoms with Crippen molar-refractivity contribution in [1.82, 2.24) is 10.2 Å². The SMILES string of the molecule is CCCC(=O)N1CCC(C(=O)N[C@@H](c2ccc(OC)cc2)C2CC2)CC1. The molecule has 1 aromatic carbocycles. The third kappa shape index (κ3) is 4.57. The summed E-state index contributed by atoms with van der Waals surface area (Å²) in [5.41, 5.74) is 1.15. The second-order valence-corrected chi connectivity index (χ2v) is 7.50. The second-order valence-electron chi connectivity index (χ2n) is 7.50. The van der Waals surface area contributed by atoms with Gasteiger partial charge in [0.25, 0.3) is 0 Å². The van der Waals surface area contributed by atoms with Gasteiger partial charge in [0.2, 0.25) is 11.8 Å². The van der Waals surface area contributed by atoms with Crippen LogP contribution in [-0.4, -0.2) is 36.9 Å². The van der Waals surface area contributed by atoms with Crippen molar-refractivity contribution in [2.24, 2.45) is 11.8 Å². The van der Waals surface area contributed by atoms with Gasteiger partial charge in [0, 0.05) is 25.4 Å². The minimum absolute atomic E-state index is 0.0141. The molecule has 1 aromatic rings. The summed E-state index contributed by atoms with van der Waals surface area (Å²) >= 11 is 0. The summed E-state index contributed by atoms with van der Waals surface area (Å²) in [6.45, 7) is 3.43. The minimum atomic E-state index is 0.0141. The fourth-order valence-electron chi connectivity index (χ4n) is 3.75. The Kier molecular flexibility index (Phi) is 6.17. The molecular weight excluding hydrogens is 328 g/mol. The number of amides is 2. The quantitative estimate of drug-likeness (QED) is 0.813. The van der Waals surface area contributed by atoms with Crippen LogP contribution in [0.1, 0.15) is 57.1 Å². The number of piperidine rings is 1. The number of hydrogen-bond donors (Lipinski definition) is 1. The Labute approximate surface area is 156 Å². The molecule has 5 nitrogen and oxygen atoms in total. The maximum atomic E-state index is 12.8. The zero-order valence-corrected chi connectivity index (χ0v) is 15.9. The van der Waals surface area contributed by atoms with E-state index in [0.717, 1.165) is 30.6 Å². The first kappa shape index (κ1) is 18.7. The molecule has 1 aliphatic heterocycles. The third-order valence-electron chi connectivity index (χ3n) is 5.55. The monoisotopic (exact) mass is 358 g/mol. The van der Waals surface area contributed by atoms with Gasteiger partial charge in [-0.3, -0.25) is 9.59 Å². The van der Waals surface area contributed by atoms with E-state index < -0.39 is 0 Å². The summed E-state index contributed by atoms with van der Waals surface area (Å²) < 4.78 is 5.23. The molecule has 26 heavy (non-hydrogen) atoms. The lowest BCUT2D eigenvalue weighted by molar-refractivity contribution is -0.135. The topological polar surface area (TPSA) is 58.6 Å². The summed E-state index contributed by atoms with van der Waals surface area (Å²) in [6.07, 6.45) is 5.35. The van der Waals surface area contributed by atoms with Gasteiger partial charge in [0.05, 0.1) is 13.2 Å². The molecule has 1 N–H and O–H groups in total. The molecule has 1 atom stereocenters. The number of nitrogens with zero attached hydrogens (tertiary/aromatic N) is 1. The van der Waals surface area contributed by atoms with Crippen LogP contribution in [0, 0.1) is 11.8 Å². The maximum absolute atomic E-state index is 12.8. The molecule has 2 fully saturated rings. The lowest BCUT2D eigenvalue weighted by Gasteiger charge is -2.32. The van der Waals surface area contributed by atoms with Crippen molar-refractivity contribution < 1.29 is 14.3 Å². The molecule has 1 saturated heterocycles. The molecule has 0 bridgehead atoms. The van der Waals surface area contributed by atoms with Crippen molar-refractivity contribution in [3.05, 3.63) is 29.8 Å². The van der Waals surface area contributed by atoms with Crippen LogP contribution in [0.25, 0.3) is 0 Å². The largest absolute Gasteiger partial charge is 0.497 e. The highest BCUT2D eigenvalue weighted by Gasteiger charge is 2.35. The molecule has 5 heteroatoms. The Balaban J connectivity index is 1.56. The molecule has 142 valence electrons. The number of hydrogen-bond acceptors (Lipinski definition) is 3. The van der Waals surface area contributed by atoms with Gasteiger partial charge in [-0.15, -0.1) is 0 Å². The minimum Gasteiger partial charge on any atom is -0.497 e. The molecule has 3 rings (SSSR count). The van der Waals surface area contributed by atoms with Crippen LogP contribution < -0.4 is 10.1 Å². The van der Waals surface area contributed by atoms with Crippen LogP contribution in [0.15, 0.2) is 24.3 Å². The van der Waals surface area contributed by atoms with Gasteiger partial charge in [0.15, 0.2) is 0 Å². The summed E-state index contributed by atoms with van der Waals surface area (Å²) in [4.78, 5) is 26.7. The normalized spacial score (nSPS) is 19.1. The number of likely N-dealkylation sites (tertiary alicyclic amines) is 1. The van der Waals surface area contributed by atoms with E-state index in [2.05, 4.69) is 5.32 Å². The number of nitrogens with one attached hydrogen (secondary N) is 1. The highest BCUT2D eigenvalue weighted by Crippen LogP contribution is 2.41. The van der Waals surface area contributed by atoms with Crippen LogP contribution in [-0.2, 0) is 9.59 Å². The van der Waals surface area contributed by atoms with Crippen molar-refractivity contribution in [1.29, 1.82) is 0 Å². The van der Waals surface area contributed by atoms with E-state index in [1.54, 1.807) is 7.11 Å². The summed E-state index contributed by atoms with van der Waals surface area (Å²) in [5, 5.41) is 3.29.